The Morgan fingerprint density at radius 2 is 2.14 bits per heavy atom. The van der Waals surface area contributed by atoms with E-state index in [9.17, 15) is 4.79 Å². The first-order valence-corrected chi connectivity index (χ1v) is 4.09. The summed E-state index contributed by atoms with van der Waals surface area (Å²) < 4.78 is 1.34. The molecule has 2 heterocycles. The predicted molar refractivity (Wildman–Crippen MR) is 50.2 cm³/mol. The van der Waals surface area contributed by atoms with Gasteiger partial charge in [-0.3, -0.25) is 9.78 Å². The lowest BCUT2D eigenvalue weighted by Gasteiger charge is -2.01. The first-order valence-electron chi connectivity index (χ1n) is 4.09. The van der Waals surface area contributed by atoms with E-state index in [0.29, 0.717) is 5.82 Å². The van der Waals surface area contributed by atoms with Crippen LogP contribution in [0.2, 0.25) is 0 Å². The van der Waals surface area contributed by atoms with Crippen molar-refractivity contribution in [2.24, 2.45) is 0 Å². The molecule has 0 radical (unpaired) electrons. The van der Waals surface area contributed by atoms with E-state index in [4.69, 9.17) is 0 Å². The van der Waals surface area contributed by atoms with Gasteiger partial charge in [0.05, 0.1) is 18.1 Å². The summed E-state index contributed by atoms with van der Waals surface area (Å²) in [5, 5.41) is 0. The summed E-state index contributed by atoms with van der Waals surface area (Å²) in [5.41, 5.74) is 0.642. The van der Waals surface area contributed by atoms with Crippen molar-refractivity contribution in [1.82, 2.24) is 19.5 Å². The van der Waals surface area contributed by atoms with E-state index in [1.54, 1.807) is 12.4 Å². The third kappa shape index (κ3) is 1.52. The minimum Gasteiger partial charge on any atom is -0.269 e. The van der Waals surface area contributed by atoms with Crippen LogP contribution in [0.25, 0.3) is 5.82 Å². The topological polar surface area (TPSA) is 60.7 Å². The lowest BCUT2D eigenvalue weighted by molar-refractivity contribution is 0.881. The molecule has 0 N–H and O–H groups in total. The molecule has 0 aliphatic carbocycles. The van der Waals surface area contributed by atoms with Crippen LogP contribution in [0.15, 0.2) is 35.8 Å². The highest BCUT2D eigenvalue weighted by molar-refractivity contribution is 5.18. The molecule has 5 heteroatoms. The number of aryl methyl sites for hydroxylation is 1. The highest BCUT2D eigenvalue weighted by Crippen LogP contribution is 1.97. The van der Waals surface area contributed by atoms with Crippen LogP contribution < -0.4 is 5.56 Å². The van der Waals surface area contributed by atoms with Crippen molar-refractivity contribution in [1.29, 1.82) is 0 Å². The van der Waals surface area contributed by atoms with Crippen LogP contribution in [0.4, 0.5) is 0 Å². The van der Waals surface area contributed by atoms with Gasteiger partial charge in [-0.1, -0.05) is 0 Å². The minimum atomic E-state index is -0.168. The number of nitrogens with zero attached hydrogens (tertiary/aromatic N) is 4. The Kier molecular flexibility index (Phi) is 2.06. The molecule has 2 aromatic rings. The minimum absolute atomic E-state index is 0.168. The molecule has 2 rings (SSSR count). The highest BCUT2D eigenvalue weighted by Gasteiger charge is 1.99. The summed E-state index contributed by atoms with van der Waals surface area (Å²) in [4.78, 5) is 23.3. The van der Waals surface area contributed by atoms with Crippen molar-refractivity contribution in [3.8, 4) is 5.82 Å². The fraction of sp³-hybridized carbons (Fsp3) is 0.111. The van der Waals surface area contributed by atoms with Gasteiger partial charge in [0.1, 0.15) is 6.33 Å². The summed E-state index contributed by atoms with van der Waals surface area (Å²) in [5.74, 6) is 0.480. The van der Waals surface area contributed by atoms with E-state index < -0.39 is 0 Å². The molecule has 5 nitrogen and oxygen atoms in total. The Morgan fingerprint density at radius 1 is 1.29 bits per heavy atom. The molecular formula is C9H8N4O. The average molecular weight is 188 g/mol. The number of hydrogen-bond acceptors (Lipinski definition) is 4. The van der Waals surface area contributed by atoms with Gasteiger partial charge < -0.3 is 0 Å². The fourth-order valence-corrected chi connectivity index (χ4v) is 1.03. The van der Waals surface area contributed by atoms with Gasteiger partial charge in [-0.05, 0) is 6.92 Å². The molecule has 0 unspecified atom stereocenters. The molecule has 0 spiro atoms. The second-order valence-electron chi connectivity index (χ2n) is 2.80. The maximum Gasteiger partial charge on any atom is 0.259 e. The maximum absolute atomic E-state index is 11.4. The monoisotopic (exact) mass is 188 g/mol. The molecule has 0 aromatic carbocycles. The number of aromatic nitrogens is 4. The van der Waals surface area contributed by atoms with E-state index in [-0.39, 0.29) is 5.56 Å². The van der Waals surface area contributed by atoms with Crippen LogP contribution in [0.5, 0.6) is 0 Å². The van der Waals surface area contributed by atoms with Gasteiger partial charge in [-0.15, -0.1) is 0 Å². The van der Waals surface area contributed by atoms with Crippen molar-refractivity contribution in [2.45, 2.75) is 6.92 Å². The Hall–Kier alpha value is -2.04. The Labute approximate surface area is 80.1 Å². The van der Waals surface area contributed by atoms with E-state index in [1.807, 2.05) is 6.92 Å². The zero-order chi connectivity index (χ0) is 9.97. The van der Waals surface area contributed by atoms with Crippen LogP contribution >= 0.6 is 0 Å². The zero-order valence-corrected chi connectivity index (χ0v) is 7.58. The smallest absolute Gasteiger partial charge is 0.259 e. The molecule has 0 atom stereocenters. The van der Waals surface area contributed by atoms with Gasteiger partial charge in [-0.25, -0.2) is 14.5 Å². The summed E-state index contributed by atoms with van der Waals surface area (Å²) in [6, 6.07) is 1.38. The van der Waals surface area contributed by atoms with Crippen molar-refractivity contribution >= 4 is 0 Å². The van der Waals surface area contributed by atoms with Crippen molar-refractivity contribution in [3.63, 3.8) is 0 Å². The molecule has 0 amide bonds. The van der Waals surface area contributed by atoms with Gasteiger partial charge in [0.15, 0.2) is 5.82 Å². The molecule has 0 saturated heterocycles. The Morgan fingerprint density at radius 3 is 2.79 bits per heavy atom. The van der Waals surface area contributed by atoms with Gasteiger partial charge in [0, 0.05) is 12.3 Å². The van der Waals surface area contributed by atoms with Crippen molar-refractivity contribution in [3.05, 3.63) is 47.0 Å². The molecule has 0 aliphatic heterocycles. The third-order valence-electron chi connectivity index (χ3n) is 1.74. The molecule has 70 valence electrons. The normalized spacial score (nSPS) is 10.1. The molecule has 14 heavy (non-hydrogen) atoms. The molecule has 0 bridgehead atoms. The number of rotatable bonds is 1. The lowest BCUT2D eigenvalue weighted by Crippen LogP contribution is -2.17. The molecule has 2 aromatic heterocycles. The van der Waals surface area contributed by atoms with E-state index in [1.165, 1.54) is 23.2 Å². The largest absolute Gasteiger partial charge is 0.269 e. The molecule has 0 saturated carbocycles. The average Bonchev–Trinajstić information content (AvgIpc) is 2.20. The van der Waals surface area contributed by atoms with Gasteiger partial charge in [0.2, 0.25) is 0 Å². The van der Waals surface area contributed by atoms with E-state index >= 15 is 0 Å². The summed E-state index contributed by atoms with van der Waals surface area (Å²) in [7, 11) is 0. The molecule has 0 aliphatic rings. The quantitative estimate of drug-likeness (QED) is 0.647. The fourth-order valence-electron chi connectivity index (χ4n) is 1.03. The predicted octanol–water partition coefficient (Wildman–Crippen LogP) is 0.331. The van der Waals surface area contributed by atoms with Gasteiger partial charge in [-0.2, -0.15) is 0 Å². The van der Waals surface area contributed by atoms with Gasteiger partial charge >= 0.3 is 0 Å². The zero-order valence-electron chi connectivity index (χ0n) is 7.58. The highest BCUT2D eigenvalue weighted by atomic mass is 16.1. The van der Waals surface area contributed by atoms with Crippen LogP contribution in [0.1, 0.15) is 5.69 Å². The van der Waals surface area contributed by atoms with E-state index in [2.05, 4.69) is 15.0 Å². The Bertz CT molecular complexity index is 489. The van der Waals surface area contributed by atoms with Crippen LogP contribution in [0.3, 0.4) is 0 Å². The molecule has 0 fully saturated rings. The summed E-state index contributed by atoms with van der Waals surface area (Å²) in [6.45, 7) is 1.84. The van der Waals surface area contributed by atoms with Crippen molar-refractivity contribution in [2.75, 3.05) is 0 Å². The van der Waals surface area contributed by atoms with Crippen LogP contribution in [-0.4, -0.2) is 19.5 Å². The standard InChI is InChI=1S/C9H8N4O/c1-7-4-12-8(5-11-7)13-6-10-3-2-9(13)14/h2-6H,1H3. The third-order valence-corrected chi connectivity index (χ3v) is 1.74. The lowest BCUT2D eigenvalue weighted by atomic mass is 10.5. The van der Waals surface area contributed by atoms with Crippen LogP contribution in [-0.2, 0) is 0 Å². The first kappa shape index (κ1) is 8.55. The van der Waals surface area contributed by atoms with E-state index in [0.717, 1.165) is 5.69 Å². The maximum atomic E-state index is 11.4. The van der Waals surface area contributed by atoms with Crippen LogP contribution in [0, 0.1) is 6.92 Å². The first-order chi connectivity index (χ1) is 6.77. The second-order valence-corrected chi connectivity index (χ2v) is 2.80. The Balaban J connectivity index is 2.56. The molecular weight excluding hydrogens is 180 g/mol. The summed E-state index contributed by atoms with van der Waals surface area (Å²) in [6.07, 6.45) is 6.01. The SMILES string of the molecule is Cc1cnc(-n2cnccc2=O)cn1. The van der Waals surface area contributed by atoms with Crippen molar-refractivity contribution < 1.29 is 0 Å². The summed E-state index contributed by atoms with van der Waals surface area (Å²) >= 11 is 0. The second kappa shape index (κ2) is 3.37. The van der Waals surface area contributed by atoms with Gasteiger partial charge in [0.25, 0.3) is 5.56 Å². The number of hydrogen-bond donors (Lipinski definition) is 0.